The van der Waals surface area contributed by atoms with Gasteiger partial charge in [0.2, 0.25) is 5.91 Å². The minimum absolute atomic E-state index is 0.000791. The van der Waals surface area contributed by atoms with E-state index in [1.54, 1.807) is 0 Å². The molecule has 3 N–H and O–H groups in total. The van der Waals surface area contributed by atoms with Gasteiger partial charge in [-0.2, -0.15) is 0 Å². The van der Waals surface area contributed by atoms with Gasteiger partial charge in [-0.15, -0.1) is 0 Å². The van der Waals surface area contributed by atoms with E-state index in [0.29, 0.717) is 25.9 Å². The van der Waals surface area contributed by atoms with Crippen LogP contribution in [-0.2, 0) is 14.3 Å². The number of rotatable bonds is 66. The molecule has 0 aromatic rings. The van der Waals surface area contributed by atoms with Crippen LogP contribution in [-0.4, -0.2) is 47.4 Å². The summed E-state index contributed by atoms with van der Waals surface area (Å²) in [5, 5.41) is 23.4. The Morgan fingerprint density at radius 3 is 1.00 bits per heavy atom. The van der Waals surface area contributed by atoms with Crippen LogP contribution in [0.3, 0.4) is 0 Å². The molecule has 6 heteroatoms. The molecule has 0 saturated heterocycles. The number of hydrogen-bond donors (Lipinski definition) is 3. The molecular weight excluding hydrogens is 947 g/mol. The number of ether oxygens (including phenoxy) is 1. The average molecular weight is 1080 g/mol. The second kappa shape index (κ2) is 66.8. The zero-order valence-corrected chi connectivity index (χ0v) is 52.2. The van der Waals surface area contributed by atoms with Crippen LogP contribution in [0.4, 0.5) is 0 Å². The minimum atomic E-state index is -0.666. The quantitative estimate of drug-likeness (QED) is 0.0320. The Bertz CT molecular complexity index is 1200. The van der Waals surface area contributed by atoms with E-state index in [-0.39, 0.29) is 18.5 Å². The highest BCUT2D eigenvalue weighted by molar-refractivity contribution is 5.76. The largest absolute Gasteiger partial charge is 0.466 e. The van der Waals surface area contributed by atoms with Crippen molar-refractivity contribution in [1.29, 1.82) is 0 Å². The van der Waals surface area contributed by atoms with Gasteiger partial charge in [-0.1, -0.05) is 346 Å². The van der Waals surface area contributed by atoms with Gasteiger partial charge in [-0.25, -0.2) is 0 Å². The van der Waals surface area contributed by atoms with E-state index in [2.05, 4.69) is 43.5 Å². The highest BCUT2D eigenvalue weighted by Gasteiger charge is 2.20. The van der Waals surface area contributed by atoms with Crippen molar-refractivity contribution >= 4 is 11.9 Å². The number of amides is 1. The Hall–Kier alpha value is -1.66. The second-order valence-corrected chi connectivity index (χ2v) is 24.2. The fourth-order valence-electron chi connectivity index (χ4n) is 11.1. The standard InChI is InChI=1S/C71H137NO5/c1-3-5-7-9-11-13-15-17-19-21-22-23-26-29-32-35-39-43-47-51-55-59-63-69(74)68(67-73)72-70(75)64-60-56-52-48-44-40-36-33-30-27-24-25-28-31-34-38-42-46-50-54-58-62-66-77-71(76)65-61-57-53-49-45-41-37-20-18-16-14-12-10-8-6-4-2/h14,16,20,37,68-69,73-74H,3-13,15,17-19,21-36,38-67H2,1-2H3,(H,72,75)/b16-14-,37-20-. The van der Waals surface area contributed by atoms with Gasteiger partial charge in [0.25, 0.3) is 0 Å². The Morgan fingerprint density at radius 2 is 0.649 bits per heavy atom. The van der Waals surface area contributed by atoms with Crippen LogP contribution < -0.4 is 5.32 Å². The van der Waals surface area contributed by atoms with E-state index in [1.807, 2.05) is 0 Å². The first kappa shape index (κ1) is 75.3. The van der Waals surface area contributed by atoms with E-state index in [1.165, 1.54) is 308 Å². The Balaban J connectivity index is 3.38. The fraction of sp³-hybridized carbons (Fsp3) is 0.915. The number of carbonyl (C=O) groups is 2. The van der Waals surface area contributed by atoms with Crippen molar-refractivity contribution in [1.82, 2.24) is 5.32 Å². The third kappa shape index (κ3) is 63.4. The van der Waals surface area contributed by atoms with Crippen LogP contribution in [0, 0.1) is 0 Å². The fourth-order valence-corrected chi connectivity index (χ4v) is 11.1. The van der Waals surface area contributed by atoms with Crippen LogP contribution >= 0.6 is 0 Å². The summed E-state index contributed by atoms with van der Waals surface area (Å²) in [6.45, 7) is 4.97. The van der Waals surface area contributed by atoms with Crippen molar-refractivity contribution in [3.05, 3.63) is 24.3 Å². The summed E-state index contributed by atoms with van der Waals surface area (Å²) >= 11 is 0. The molecule has 0 radical (unpaired) electrons. The Morgan fingerprint density at radius 1 is 0.364 bits per heavy atom. The number of aliphatic hydroxyl groups excluding tert-OH is 2. The smallest absolute Gasteiger partial charge is 0.305 e. The number of carbonyl (C=O) groups excluding carboxylic acids is 2. The highest BCUT2D eigenvalue weighted by atomic mass is 16.5. The third-order valence-corrected chi connectivity index (χ3v) is 16.5. The predicted octanol–water partition coefficient (Wildman–Crippen LogP) is 22.5. The molecule has 0 aromatic heterocycles. The predicted molar refractivity (Wildman–Crippen MR) is 338 cm³/mol. The van der Waals surface area contributed by atoms with Gasteiger partial charge >= 0.3 is 5.97 Å². The van der Waals surface area contributed by atoms with Gasteiger partial charge in [-0.3, -0.25) is 9.59 Å². The topological polar surface area (TPSA) is 95.9 Å². The van der Waals surface area contributed by atoms with Crippen molar-refractivity contribution < 1.29 is 24.5 Å². The van der Waals surface area contributed by atoms with E-state index >= 15 is 0 Å². The lowest BCUT2D eigenvalue weighted by atomic mass is 10.0. The molecule has 0 aliphatic carbocycles. The van der Waals surface area contributed by atoms with Crippen LogP contribution in [0.25, 0.3) is 0 Å². The number of unbranched alkanes of at least 4 members (excludes halogenated alkanes) is 51. The molecule has 0 bridgehead atoms. The van der Waals surface area contributed by atoms with E-state index in [4.69, 9.17) is 4.74 Å². The van der Waals surface area contributed by atoms with Crippen molar-refractivity contribution in [2.75, 3.05) is 13.2 Å². The number of aliphatic hydroxyl groups is 2. The molecule has 0 rings (SSSR count). The van der Waals surface area contributed by atoms with Crippen molar-refractivity contribution in [2.24, 2.45) is 0 Å². The normalized spacial score (nSPS) is 12.6. The molecule has 0 aliphatic heterocycles. The van der Waals surface area contributed by atoms with Crippen LogP contribution in [0.1, 0.15) is 393 Å². The molecule has 0 aromatic carbocycles. The minimum Gasteiger partial charge on any atom is -0.466 e. The van der Waals surface area contributed by atoms with Crippen LogP contribution in [0.2, 0.25) is 0 Å². The van der Waals surface area contributed by atoms with Gasteiger partial charge in [-0.05, 0) is 57.8 Å². The molecule has 456 valence electrons. The zero-order chi connectivity index (χ0) is 55.7. The zero-order valence-electron chi connectivity index (χ0n) is 52.2. The van der Waals surface area contributed by atoms with Gasteiger partial charge < -0.3 is 20.3 Å². The summed E-state index contributed by atoms with van der Waals surface area (Å²) in [6.07, 6.45) is 83.6. The van der Waals surface area contributed by atoms with E-state index in [9.17, 15) is 19.8 Å². The van der Waals surface area contributed by atoms with Crippen LogP contribution in [0.5, 0.6) is 0 Å². The third-order valence-electron chi connectivity index (χ3n) is 16.5. The molecular formula is C71H137NO5. The van der Waals surface area contributed by atoms with Gasteiger partial charge in [0.15, 0.2) is 0 Å². The molecule has 2 unspecified atom stereocenters. The maximum absolute atomic E-state index is 12.5. The summed E-state index contributed by atoms with van der Waals surface area (Å²) in [7, 11) is 0. The molecule has 77 heavy (non-hydrogen) atoms. The number of esters is 1. The van der Waals surface area contributed by atoms with Crippen molar-refractivity contribution in [2.45, 2.75) is 405 Å². The molecule has 0 saturated carbocycles. The molecule has 0 spiro atoms. The lowest BCUT2D eigenvalue weighted by Gasteiger charge is -2.22. The second-order valence-electron chi connectivity index (χ2n) is 24.2. The lowest BCUT2D eigenvalue weighted by molar-refractivity contribution is -0.143. The maximum Gasteiger partial charge on any atom is 0.305 e. The number of nitrogens with one attached hydrogen (secondary N) is 1. The van der Waals surface area contributed by atoms with Crippen molar-refractivity contribution in [3.8, 4) is 0 Å². The van der Waals surface area contributed by atoms with Gasteiger partial charge in [0, 0.05) is 12.8 Å². The summed E-state index contributed by atoms with van der Waals surface area (Å²) in [5.74, 6) is -0.0301. The van der Waals surface area contributed by atoms with Gasteiger partial charge in [0.05, 0.1) is 25.4 Å². The first-order chi connectivity index (χ1) is 38.0. The number of hydrogen-bond acceptors (Lipinski definition) is 5. The summed E-state index contributed by atoms with van der Waals surface area (Å²) < 4.78 is 5.49. The Labute approximate surface area is 481 Å². The Kier molecular flexibility index (Phi) is 65.4. The van der Waals surface area contributed by atoms with Crippen molar-refractivity contribution in [3.63, 3.8) is 0 Å². The first-order valence-electron chi connectivity index (χ1n) is 35.1. The SMILES string of the molecule is CCCCCC/C=C\C/C=C\CCCCCCCC(=O)OCCCCCCCCCCCCCCCCCCCCCCCCC(=O)NC(CO)C(O)CCCCCCCCCCCCCCCCCCCCCCCC. The van der Waals surface area contributed by atoms with Crippen LogP contribution in [0.15, 0.2) is 24.3 Å². The average Bonchev–Trinajstić information content (AvgIpc) is 3.43. The maximum atomic E-state index is 12.5. The summed E-state index contributed by atoms with van der Waals surface area (Å²) in [5.41, 5.74) is 0. The summed E-state index contributed by atoms with van der Waals surface area (Å²) in [4.78, 5) is 24.6. The molecule has 0 aliphatic rings. The lowest BCUT2D eigenvalue weighted by Crippen LogP contribution is -2.45. The monoisotopic (exact) mass is 1080 g/mol. The molecule has 0 heterocycles. The van der Waals surface area contributed by atoms with Gasteiger partial charge in [0.1, 0.15) is 0 Å². The molecule has 1 amide bonds. The molecule has 6 nitrogen and oxygen atoms in total. The number of allylic oxidation sites excluding steroid dienone is 4. The summed E-state index contributed by atoms with van der Waals surface area (Å²) in [6, 6.07) is -0.543. The molecule has 2 atom stereocenters. The van der Waals surface area contributed by atoms with E-state index in [0.717, 1.165) is 51.4 Å². The first-order valence-corrected chi connectivity index (χ1v) is 35.1. The van der Waals surface area contributed by atoms with E-state index < -0.39 is 12.1 Å². The highest BCUT2D eigenvalue weighted by Crippen LogP contribution is 2.19. The molecule has 0 fully saturated rings.